The van der Waals surface area contributed by atoms with Gasteiger partial charge in [-0.2, -0.15) is 0 Å². The smallest absolute Gasteiger partial charge is 0.240 e. The van der Waals surface area contributed by atoms with Crippen LogP contribution in [0.3, 0.4) is 0 Å². The van der Waals surface area contributed by atoms with Gasteiger partial charge >= 0.3 is 0 Å². The van der Waals surface area contributed by atoms with Crippen LogP contribution in [0.15, 0.2) is 0 Å². The highest BCUT2D eigenvalue weighted by Gasteiger charge is 2.34. The van der Waals surface area contributed by atoms with Crippen LogP contribution >= 0.6 is 0 Å². The van der Waals surface area contributed by atoms with Crippen molar-refractivity contribution >= 4 is 5.91 Å². The van der Waals surface area contributed by atoms with E-state index in [4.69, 9.17) is 10.6 Å². The van der Waals surface area contributed by atoms with Gasteiger partial charge in [-0.25, -0.2) is 5.84 Å². The molecule has 0 aromatic carbocycles. The fraction of sp³-hybridized carbons (Fsp3) is 0.917. The van der Waals surface area contributed by atoms with E-state index >= 15 is 0 Å². The summed E-state index contributed by atoms with van der Waals surface area (Å²) in [6.07, 6.45) is 1.27. The second kappa shape index (κ2) is 5.80. The number of hydrazine groups is 1. The van der Waals surface area contributed by atoms with Gasteiger partial charge in [-0.15, -0.1) is 0 Å². The van der Waals surface area contributed by atoms with Gasteiger partial charge < -0.3 is 4.74 Å². The van der Waals surface area contributed by atoms with E-state index in [9.17, 15) is 4.79 Å². The molecule has 17 heavy (non-hydrogen) atoms. The maximum atomic E-state index is 11.7. The topological polar surface area (TPSA) is 67.6 Å². The normalized spacial score (nSPS) is 26.9. The lowest BCUT2D eigenvalue weighted by molar-refractivity contribution is -0.133. The first-order valence-electron chi connectivity index (χ1n) is 6.27. The van der Waals surface area contributed by atoms with Crippen LogP contribution in [0.1, 0.15) is 34.1 Å². The number of morpholine rings is 1. The molecule has 1 amide bonds. The highest BCUT2D eigenvalue weighted by atomic mass is 16.5. The predicted octanol–water partition coefficient (Wildman–Crippen LogP) is 0.502. The summed E-state index contributed by atoms with van der Waals surface area (Å²) in [5.74, 6) is 5.10. The summed E-state index contributed by atoms with van der Waals surface area (Å²) in [5.41, 5.74) is 1.77. The van der Waals surface area contributed by atoms with Crippen molar-refractivity contribution in [2.75, 3.05) is 19.7 Å². The Hall–Kier alpha value is -0.650. The summed E-state index contributed by atoms with van der Waals surface area (Å²) < 4.78 is 5.65. The molecule has 5 nitrogen and oxygen atoms in total. The highest BCUT2D eigenvalue weighted by molar-refractivity contribution is 5.81. The number of rotatable bonds is 4. The number of carbonyl (C=O) groups is 1. The zero-order chi connectivity index (χ0) is 13.1. The van der Waals surface area contributed by atoms with Gasteiger partial charge in [-0.1, -0.05) is 6.92 Å². The van der Waals surface area contributed by atoms with Gasteiger partial charge in [0.1, 0.15) is 0 Å². The second-order valence-corrected chi connectivity index (χ2v) is 5.49. The van der Waals surface area contributed by atoms with Gasteiger partial charge in [0, 0.05) is 19.1 Å². The molecule has 2 atom stereocenters. The molecule has 0 aromatic heterocycles. The van der Waals surface area contributed by atoms with E-state index in [1.807, 2.05) is 13.8 Å². The number of nitrogens with zero attached hydrogens (tertiary/aromatic N) is 1. The number of amides is 1. The standard InChI is InChI=1S/C12H25N3O2/c1-5-10-7-17-9(2)6-15(10)8-12(3,4)11(16)14-13/h9-10H,5-8,13H2,1-4H3,(H,14,16). The summed E-state index contributed by atoms with van der Waals surface area (Å²) >= 11 is 0. The SMILES string of the molecule is CCC1COC(C)CN1CC(C)(C)C(=O)NN. The second-order valence-electron chi connectivity index (χ2n) is 5.49. The van der Waals surface area contributed by atoms with E-state index in [-0.39, 0.29) is 12.0 Å². The van der Waals surface area contributed by atoms with E-state index in [0.29, 0.717) is 12.6 Å². The maximum Gasteiger partial charge on any atom is 0.240 e. The third-order valence-corrected chi connectivity index (χ3v) is 3.40. The van der Waals surface area contributed by atoms with Gasteiger partial charge in [-0.05, 0) is 27.2 Å². The number of hydrogen-bond donors (Lipinski definition) is 2. The van der Waals surface area contributed by atoms with E-state index in [1.165, 1.54) is 0 Å². The molecular weight excluding hydrogens is 218 g/mol. The molecule has 0 radical (unpaired) electrons. The van der Waals surface area contributed by atoms with Crippen molar-refractivity contribution in [3.63, 3.8) is 0 Å². The molecule has 1 fully saturated rings. The quantitative estimate of drug-likeness (QED) is 0.429. The van der Waals surface area contributed by atoms with Crippen LogP contribution in [0.25, 0.3) is 0 Å². The Kier molecular flexibility index (Phi) is 4.91. The number of nitrogens with one attached hydrogen (secondary N) is 1. The van der Waals surface area contributed by atoms with Gasteiger partial charge in [-0.3, -0.25) is 15.1 Å². The average Bonchev–Trinajstić information content (AvgIpc) is 2.27. The third kappa shape index (κ3) is 3.66. The summed E-state index contributed by atoms with van der Waals surface area (Å²) in [7, 11) is 0. The van der Waals surface area contributed by atoms with Crippen LogP contribution in [0.5, 0.6) is 0 Å². The highest BCUT2D eigenvalue weighted by Crippen LogP contribution is 2.22. The van der Waals surface area contributed by atoms with Crippen molar-refractivity contribution in [3.8, 4) is 0 Å². The van der Waals surface area contributed by atoms with E-state index < -0.39 is 5.41 Å². The van der Waals surface area contributed by atoms with Crippen molar-refractivity contribution in [2.45, 2.75) is 46.3 Å². The zero-order valence-corrected chi connectivity index (χ0v) is 11.3. The van der Waals surface area contributed by atoms with Crippen LogP contribution in [-0.4, -0.2) is 42.6 Å². The third-order valence-electron chi connectivity index (χ3n) is 3.40. The molecule has 0 spiro atoms. The molecule has 2 unspecified atom stereocenters. The van der Waals surface area contributed by atoms with E-state index in [2.05, 4.69) is 24.2 Å². The summed E-state index contributed by atoms with van der Waals surface area (Å²) in [6.45, 7) is 10.4. The molecule has 0 aliphatic carbocycles. The molecule has 1 saturated heterocycles. The maximum absolute atomic E-state index is 11.7. The Morgan fingerprint density at radius 1 is 1.59 bits per heavy atom. The molecule has 1 heterocycles. The van der Waals surface area contributed by atoms with Gasteiger partial charge in [0.15, 0.2) is 0 Å². The molecule has 100 valence electrons. The summed E-state index contributed by atoms with van der Waals surface area (Å²) in [5, 5.41) is 0. The minimum absolute atomic E-state index is 0.119. The lowest BCUT2D eigenvalue weighted by Gasteiger charge is -2.41. The molecule has 0 saturated carbocycles. The zero-order valence-electron chi connectivity index (χ0n) is 11.3. The molecule has 1 aliphatic rings. The lowest BCUT2D eigenvalue weighted by atomic mass is 9.90. The van der Waals surface area contributed by atoms with Crippen LogP contribution in [0.2, 0.25) is 0 Å². The fourth-order valence-corrected chi connectivity index (χ4v) is 2.26. The fourth-order valence-electron chi connectivity index (χ4n) is 2.26. The van der Waals surface area contributed by atoms with Crippen LogP contribution in [0.4, 0.5) is 0 Å². The number of carbonyl (C=O) groups excluding carboxylic acids is 1. The van der Waals surface area contributed by atoms with Crippen molar-refractivity contribution in [2.24, 2.45) is 11.3 Å². The summed E-state index contributed by atoms with van der Waals surface area (Å²) in [6, 6.07) is 0.399. The van der Waals surface area contributed by atoms with E-state index in [0.717, 1.165) is 19.6 Å². The molecule has 1 aliphatic heterocycles. The van der Waals surface area contributed by atoms with Crippen molar-refractivity contribution in [1.29, 1.82) is 0 Å². The molecular formula is C12H25N3O2. The summed E-state index contributed by atoms with van der Waals surface area (Å²) in [4.78, 5) is 14.0. The molecule has 5 heteroatoms. The first-order chi connectivity index (χ1) is 7.90. The average molecular weight is 243 g/mol. The first kappa shape index (κ1) is 14.4. The number of nitrogens with two attached hydrogens (primary N) is 1. The largest absolute Gasteiger partial charge is 0.376 e. The first-order valence-corrected chi connectivity index (χ1v) is 6.27. The molecule has 3 N–H and O–H groups in total. The Labute approximate surface area is 104 Å². The van der Waals surface area contributed by atoms with Crippen molar-refractivity contribution < 1.29 is 9.53 Å². The molecule has 0 aromatic rings. The van der Waals surface area contributed by atoms with Gasteiger partial charge in [0.05, 0.1) is 18.1 Å². The Bertz CT molecular complexity index is 268. The molecule has 0 bridgehead atoms. The molecule has 1 rings (SSSR count). The van der Waals surface area contributed by atoms with Gasteiger partial charge in [0.25, 0.3) is 0 Å². The van der Waals surface area contributed by atoms with Crippen LogP contribution < -0.4 is 11.3 Å². The Morgan fingerprint density at radius 3 is 2.76 bits per heavy atom. The Balaban J connectivity index is 2.66. The lowest BCUT2D eigenvalue weighted by Crippen LogP contribution is -2.54. The predicted molar refractivity (Wildman–Crippen MR) is 67.2 cm³/mol. The monoisotopic (exact) mass is 243 g/mol. The van der Waals surface area contributed by atoms with Crippen LogP contribution in [0, 0.1) is 5.41 Å². The van der Waals surface area contributed by atoms with Crippen molar-refractivity contribution in [3.05, 3.63) is 0 Å². The Morgan fingerprint density at radius 2 is 2.24 bits per heavy atom. The van der Waals surface area contributed by atoms with Crippen molar-refractivity contribution in [1.82, 2.24) is 10.3 Å². The van der Waals surface area contributed by atoms with Crippen LogP contribution in [-0.2, 0) is 9.53 Å². The number of hydrogen-bond acceptors (Lipinski definition) is 4. The van der Waals surface area contributed by atoms with E-state index in [1.54, 1.807) is 0 Å². The van der Waals surface area contributed by atoms with Gasteiger partial charge in [0.2, 0.25) is 5.91 Å². The number of ether oxygens (including phenoxy) is 1. The minimum Gasteiger partial charge on any atom is -0.376 e. The minimum atomic E-state index is -0.473.